The molecule has 0 saturated heterocycles. The van der Waals surface area contributed by atoms with Crippen molar-refractivity contribution in [1.29, 1.82) is 0 Å². The van der Waals surface area contributed by atoms with Crippen LogP contribution in [-0.4, -0.2) is 25.8 Å². The average molecular weight is 512 g/mol. The largest absolute Gasteiger partial charge is 0.378 e. The average Bonchev–Trinajstić information content (AvgIpc) is 3.56. The molecule has 5 heteroatoms. The summed E-state index contributed by atoms with van der Waals surface area (Å²) in [7, 11) is 4.01. The summed E-state index contributed by atoms with van der Waals surface area (Å²) in [4.78, 5) is 29.0. The van der Waals surface area contributed by atoms with Crippen molar-refractivity contribution < 1.29 is 15.4 Å². The van der Waals surface area contributed by atoms with E-state index in [0.717, 1.165) is 42.5 Å². The summed E-state index contributed by atoms with van der Waals surface area (Å²) < 4.78 is 24.0. The van der Waals surface area contributed by atoms with Gasteiger partial charge in [-0.25, -0.2) is 4.39 Å². The molecule has 5 rings (SSSR count). The van der Waals surface area contributed by atoms with Crippen molar-refractivity contribution in [2.75, 3.05) is 23.9 Å². The van der Waals surface area contributed by atoms with E-state index >= 15 is 0 Å². The molecule has 4 nitrogen and oxygen atoms in total. The van der Waals surface area contributed by atoms with Crippen LogP contribution in [0.2, 0.25) is 0 Å². The molecule has 2 fully saturated rings. The second-order valence-electron chi connectivity index (χ2n) is 10.9. The molecule has 0 radical (unpaired) electrons. The fraction of sp³-hybridized carbons (Fsp3) is 0.333. The van der Waals surface area contributed by atoms with Gasteiger partial charge in [-0.1, -0.05) is 48.9 Å². The van der Waals surface area contributed by atoms with Gasteiger partial charge in [0, 0.05) is 31.4 Å². The first-order chi connectivity index (χ1) is 18.7. The smallest absolute Gasteiger partial charge is 0.230 e. The minimum atomic E-state index is -1.03. The zero-order valence-electron chi connectivity index (χ0n) is 23.2. The van der Waals surface area contributed by atoms with E-state index in [1.165, 1.54) is 30.0 Å². The predicted octanol–water partition coefficient (Wildman–Crippen LogP) is 7.13. The van der Waals surface area contributed by atoms with Crippen LogP contribution in [0, 0.1) is 23.6 Å². The van der Waals surface area contributed by atoms with Crippen LogP contribution in [0.4, 0.5) is 15.8 Å². The van der Waals surface area contributed by atoms with E-state index in [1.807, 2.05) is 43.3 Å². The summed E-state index contributed by atoms with van der Waals surface area (Å²) in [5.74, 6) is -0.0241. The molecule has 2 bridgehead atoms. The molecular formula is C33H35FN2O2. The van der Waals surface area contributed by atoms with Crippen LogP contribution in [0.15, 0.2) is 72.8 Å². The lowest BCUT2D eigenvalue weighted by Crippen LogP contribution is -2.38. The monoisotopic (exact) mass is 511 g/mol. The summed E-state index contributed by atoms with van der Waals surface area (Å²) in [5, 5.41) is 0. The van der Waals surface area contributed by atoms with Crippen molar-refractivity contribution in [3.8, 4) is 11.1 Å². The highest BCUT2D eigenvalue weighted by molar-refractivity contribution is 5.96. The van der Waals surface area contributed by atoms with Gasteiger partial charge >= 0.3 is 0 Å². The Balaban J connectivity index is 1.48. The first kappa shape index (κ1) is 24.6. The summed E-state index contributed by atoms with van der Waals surface area (Å²) in [6.07, 6.45) is 7.02. The summed E-state index contributed by atoms with van der Waals surface area (Å²) in [6, 6.07) is 20.3. The number of benzene rings is 3. The van der Waals surface area contributed by atoms with Crippen molar-refractivity contribution in [3.63, 3.8) is 0 Å². The minimum absolute atomic E-state index is 0.113. The Hall–Kier alpha value is -3.73. The van der Waals surface area contributed by atoms with E-state index in [1.54, 1.807) is 12.1 Å². The van der Waals surface area contributed by atoms with Gasteiger partial charge in [0.1, 0.15) is 5.82 Å². The number of hydrogen-bond acceptors (Lipinski definition) is 3. The number of carbonyl (C=O) groups is 2. The van der Waals surface area contributed by atoms with Gasteiger partial charge in [-0.3, -0.25) is 9.59 Å². The van der Waals surface area contributed by atoms with E-state index in [-0.39, 0.29) is 17.6 Å². The number of fused-ring (bicyclic) bond motifs is 2. The summed E-state index contributed by atoms with van der Waals surface area (Å²) in [5.41, 5.74) is 4.68. The number of allylic oxidation sites excluding steroid dienone is 1. The van der Waals surface area contributed by atoms with E-state index in [2.05, 4.69) is 24.3 Å². The molecule has 4 atom stereocenters. The highest BCUT2D eigenvalue weighted by atomic mass is 19.1. The van der Waals surface area contributed by atoms with E-state index in [4.69, 9.17) is 0 Å². The summed E-state index contributed by atoms with van der Waals surface area (Å²) >= 11 is 0. The third-order valence-electron chi connectivity index (χ3n) is 7.89. The molecule has 2 saturated carbocycles. The van der Waals surface area contributed by atoms with E-state index in [0.29, 0.717) is 28.7 Å². The van der Waals surface area contributed by atoms with Crippen LogP contribution in [0.3, 0.4) is 0 Å². The van der Waals surface area contributed by atoms with Gasteiger partial charge in [-0.2, -0.15) is 0 Å². The van der Waals surface area contributed by atoms with Crippen LogP contribution < -0.4 is 9.80 Å². The van der Waals surface area contributed by atoms with Gasteiger partial charge in [0.25, 0.3) is 0 Å². The van der Waals surface area contributed by atoms with Gasteiger partial charge in [0.2, 0.25) is 5.91 Å². The van der Waals surface area contributed by atoms with Crippen molar-refractivity contribution in [2.24, 2.45) is 17.8 Å². The second-order valence-corrected chi connectivity index (χ2v) is 10.9. The van der Waals surface area contributed by atoms with Gasteiger partial charge < -0.3 is 9.80 Å². The van der Waals surface area contributed by atoms with Gasteiger partial charge in [-0.15, -0.1) is 0 Å². The molecule has 3 aromatic carbocycles. The van der Waals surface area contributed by atoms with Crippen LogP contribution in [-0.2, 0) is 16.1 Å². The lowest BCUT2D eigenvalue weighted by Gasteiger charge is -2.30. The number of rotatable bonds is 8. The number of halogens is 1. The quantitative estimate of drug-likeness (QED) is 0.302. The first-order valence-electron chi connectivity index (χ1n) is 13.9. The fourth-order valence-corrected chi connectivity index (χ4v) is 5.90. The fourth-order valence-electron chi connectivity index (χ4n) is 5.90. The molecule has 0 N–H and O–H groups in total. The molecule has 3 aromatic rings. The van der Waals surface area contributed by atoms with Crippen LogP contribution >= 0.6 is 0 Å². The Morgan fingerprint density at radius 3 is 2.21 bits per heavy atom. The molecule has 2 aliphatic rings. The lowest BCUT2D eigenvalue weighted by molar-refractivity contribution is -0.124. The molecule has 0 aliphatic heterocycles. The molecule has 1 amide bonds. The lowest BCUT2D eigenvalue weighted by atomic mass is 9.87. The first-order valence-corrected chi connectivity index (χ1v) is 13.3. The molecule has 196 valence electrons. The van der Waals surface area contributed by atoms with Crippen molar-refractivity contribution in [3.05, 3.63) is 89.8 Å². The number of ketones is 1. The zero-order chi connectivity index (χ0) is 27.7. The number of anilines is 2. The molecule has 0 spiro atoms. The molecule has 0 heterocycles. The molecule has 0 unspecified atom stereocenters. The molecular weight excluding hydrogens is 475 g/mol. The Bertz CT molecular complexity index is 1380. The Morgan fingerprint density at radius 2 is 1.63 bits per heavy atom. The number of nitrogens with zero attached hydrogens (tertiary/aromatic N) is 2. The number of hydrogen-bond donors (Lipinski definition) is 0. The van der Waals surface area contributed by atoms with Gasteiger partial charge in [0.05, 0.1) is 7.89 Å². The second kappa shape index (κ2) is 10.9. The Labute approximate surface area is 226 Å². The SMILES string of the molecule is [2H][C@H](c1ccc(-c2ccc(N(C)C)cc2)cc1)N(C(=O)[C@H]1C[C@@H]2CC[C@H]1C2)c1cc(F)cc(/C=C/C(C)=O)c1. The highest BCUT2D eigenvalue weighted by Crippen LogP contribution is 2.49. The van der Waals surface area contributed by atoms with Crippen LogP contribution in [0.5, 0.6) is 0 Å². The van der Waals surface area contributed by atoms with E-state index < -0.39 is 12.3 Å². The Kier molecular flexibility index (Phi) is 7.08. The van der Waals surface area contributed by atoms with Gasteiger partial charge in [0.15, 0.2) is 5.78 Å². The normalized spacial score (nSPS) is 21.4. The summed E-state index contributed by atoms with van der Waals surface area (Å²) in [6.45, 7) is 0.398. The van der Waals surface area contributed by atoms with Crippen LogP contribution in [0.25, 0.3) is 17.2 Å². The molecule has 38 heavy (non-hydrogen) atoms. The molecule has 0 aromatic heterocycles. The maximum Gasteiger partial charge on any atom is 0.230 e. The Morgan fingerprint density at radius 1 is 0.947 bits per heavy atom. The minimum Gasteiger partial charge on any atom is -0.378 e. The van der Waals surface area contributed by atoms with Gasteiger partial charge in [-0.05, 0) is 96.7 Å². The third kappa shape index (κ3) is 5.72. The maximum atomic E-state index is 14.8. The van der Waals surface area contributed by atoms with Crippen molar-refractivity contribution in [2.45, 2.75) is 39.1 Å². The number of amides is 1. The predicted molar refractivity (Wildman–Crippen MR) is 152 cm³/mol. The van der Waals surface area contributed by atoms with Crippen LogP contribution in [0.1, 0.15) is 45.1 Å². The standard InChI is InChI=1S/C33H35FN2O2/c1-22(37)4-5-25-17-29(34)20-31(18-25)36(33(38)32-19-24-8-11-28(32)16-24)21-23-6-9-26(10-7-23)27-12-14-30(15-13-27)35(2)3/h4-7,9-10,12-15,17-18,20,24,28,32H,8,11,16,19,21H2,1-3H3/b5-4+/t24-,28+,32+/m1/s1/i21D/t21-,24-,28+,32+. The van der Waals surface area contributed by atoms with Crippen molar-refractivity contribution >= 4 is 29.1 Å². The topological polar surface area (TPSA) is 40.6 Å². The third-order valence-corrected chi connectivity index (χ3v) is 7.89. The number of carbonyl (C=O) groups excluding carboxylic acids is 2. The zero-order valence-corrected chi connectivity index (χ0v) is 22.2. The van der Waals surface area contributed by atoms with Crippen molar-refractivity contribution in [1.82, 2.24) is 0 Å². The molecule has 2 aliphatic carbocycles. The van der Waals surface area contributed by atoms with E-state index in [9.17, 15) is 15.4 Å². The highest BCUT2D eigenvalue weighted by Gasteiger charge is 2.44. The maximum absolute atomic E-state index is 14.8.